The van der Waals surface area contributed by atoms with Crippen LogP contribution in [0.3, 0.4) is 0 Å². The van der Waals surface area contributed by atoms with Crippen molar-refractivity contribution in [3.05, 3.63) is 95.0 Å². The molecule has 1 aromatic carbocycles. The summed E-state index contributed by atoms with van der Waals surface area (Å²) in [5.41, 5.74) is 0.832. The Kier molecular flexibility index (Phi) is 4.16. The van der Waals surface area contributed by atoms with Crippen LogP contribution in [0.2, 0.25) is 0 Å². The van der Waals surface area contributed by atoms with E-state index < -0.39 is 23.5 Å². The van der Waals surface area contributed by atoms with E-state index >= 15 is 0 Å². The Labute approximate surface area is 155 Å². The number of aryl methyl sites for hydroxylation is 1. The SMILES string of the molecule is Cc1ccc([C@@H]2C(C(=O)c3ccco3)=C(O)C(=O)N2Cc2ccccc2)o1. The molecule has 3 heterocycles. The molecule has 0 saturated carbocycles. The van der Waals surface area contributed by atoms with Crippen LogP contribution in [-0.4, -0.2) is 21.7 Å². The molecule has 0 fully saturated rings. The fraction of sp³-hybridized carbons (Fsp3) is 0.143. The summed E-state index contributed by atoms with van der Waals surface area (Å²) in [5, 5.41) is 10.5. The molecule has 0 spiro atoms. The van der Waals surface area contributed by atoms with Crippen LogP contribution >= 0.6 is 0 Å². The summed E-state index contributed by atoms with van der Waals surface area (Å²) >= 11 is 0. The first-order chi connectivity index (χ1) is 13.1. The van der Waals surface area contributed by atoms with Crippen LogP contribution in [0.1, 0.15) is 33.7 Å². The molecule has 136 valence electrons. The molecule has 1 aliphatic heterocycles. The number of Topliss-reactive ketones (excluding diaryl/α,β-unsaturated/α-hetero) is 1. The van der Waals surface area contributed by atoms with Crippen LogP contribution in [0.25, 0.3) is 0 Å². The number of amides is 1. The minimum Gasteiger partial charge on any atom is -0.503 e. The van der Waals surface area contributed by atoms with Gasteiger partial charge in [-0.25, -0.2) is 0 Å². The van der Waals surface area contributed by atoms with Crippen LogP contribution in [-0.2, 0) is 11.3 Å². The smallest absolute Gasteiger partial charge is 0.290 e. The number of aliphatic hydroxyl groups is 1. The first kappa shape index (κ1) is 16.9. The van der Waals surface area contributed by atoms with Crippen molar-refractivity contribution in [3.8, 4) is 0 Å². The molecule has 0 bridgehead atoms. The molecule has 4 rings (SSSR count). The molecular formula is C21H17NO5. The minimum atomic E-state index is -0.830. The van der Waals surface area contributed by atoms with Crippen molar-refractivity contribution in [2.45, 2.75) is 19.5 Å². The second-order valence-corrected chi connectivity index (χ2v) is 6.34. The zero-order valence-electron chi connectivity index (χ0n) is 14.6. The molecule has 0 aliphatic carbocycles. The Morgan fingerprint density at radius 2 is 1.89 bits per heavy atom. The van der Waals surface area contributed by atoms with Crippen molar-refractivity contribution >= 4 is 11.7 Å². The van der Waals surface area contributed by atoms with Gasteiger partial charge in [-0.3, -0.25) is 9.59 Å². The van der Waals surface area contributed by atoms with Gasteiger partial charge in [0.05, 0.1) is 11.8 Å². The second-order valence-electron chi connectivity index (χ2n) is 6.34. The van der Waals surface area contributed by atoms with Gasteiger partial charge in [-0.15, -0.1) is 0 Å². The summed E-state index contributed by atoms with van der Waals surface area (Å²) in [6.07, 6.45) is 1.37. The van der Waals surface area contributed by atoms with E-state index in [9.17, 15) is 14.7 Å². The molecule has 6 heteroatoms. The van der Waals surface area contributed by atoms with Crippen LogP contribution in [0.4, 0.5) is 0 Å². The lowest BCUT2D eigenvalue weighted by Gasteiger charge is -2.24. The maximum atomic E-state index is 12.9. The number of hydrogen-bond donors (Lipinski definition) is 1. The van der Waals surface area contributed by atoms with Crippen LogP contribution in [0.5, 0.6) is 0 Å². The number of carbonyl (C=O) groups is 2. The first-order valence-electron chi connectivity index (χ1n) is 8.49. The third-order valence-corrected chi connectivity index (χ3v) is 4.52. The number of rotatable bonds is 5. The molecule has 0 saturated heterocycles. The molecule has 1 aliphatic rings. The highest BCUT2D eigenvalue weighted by atomic mass is 16.3. The van der Waals surface area contributed by atoms with E-state index in [0.29, 0.717) is 11.5 Å². The largest absolute Gasteiger partial charge is 0.503 e. The predicted octanol–water partition coefficient (Wildman–Crippen LogP) is 3.96. The summed E-state index contributed by atoms with van der Waals surface area (Å²) in [4.78, 5) is 27.1. The van der Waals surface area contributed by atoms with Gasteiger partial charge < -0.3 is 18.8 Å². The Hall–Kier alpha value is -3.54. The Morgan fingerprint density at radius 3 is 2.52 bits per heavy atom. The number of furan rings is 2. The standard InChI is InChI=1S/C21H17NO5/c1-13-9-10-15(27-13)18-17(19(23)16-8-5-11-26-16)20(24)21(25)22(18)12-14-6-3-2-4-7-14/h2-11,18,24H,12H2,1H3/t18-/m1/s1. The molecule has 27 heavy (non-hydrogen) atoms. The minimum absolute atomic E-state index is 0.0415. The predicted molar refractivity (Wildman–Crippen MR) is 95.9 cm³/mol. The van der Waals surface area contributed by atoms with E-state index in [4.69, 9.17) is 8.83 Å². The molecule has 0 unspecified atom stereocenters. The van der Waals surface area contributed by atoms with Crippen LogP contribution in [0.15, 0.2) is 81.0 Å². The summed E-state index contributed by atoms with van der Waals surface area (Å²) in [6, 6.07) is 15.1. The van der Waals surface area contributed by atoms with E-state index in [0.717, 1.165) is 5.56 Å². The van der Waals surface area contributed by atoms with Crippen molar-refractivity contribution in [1.82, 2.24) is 4.90 Å². The van der Waals surface area contributed by atoms with Crippen molar-refractivity contribution in [3.63, 3.8) is 0 Å². The summed E-state index contributed by atoms with van der Waals surface area (Å²) in [6.45, 7) is 2.00. The highest BCUT2D eigenvalue weighted by Gasteiger charge is 2.45. The average molecular weight is 363 g/mol. The van der Waals surface area contributed by atoms with Crippen molar-refractivity contribution in [2.75, 3.05) is 0 Å². The summed E-state index contributed by atoms with van der Waals surface area (Å²) in [5.74, 6) is -0.622. The van der Waals surface area contributed by atoms with Gasteiger partial charge in [0.25, 0.3) is 5.91 Å². The molecule has 1 N–H and O–H groups in total. The summed E-state index contributed by atoms with van der Waals surface area (Å²) in [7, 11) is 0. The van der Waals surface area contributed by atoms with E-state index in [-0.39, 0.29) is 17.9 Å². The molecule has 2 aromatic heterocycles. The monoisotopic (exact) mass is 363 g/mol. The summed E-state index contributed by atoms with van der Waals surface area (Å²) < 4.78 is 10.9. The topological polar surface area (TPSA) is 83.9 Å². The highest BCUT2D eigenvalue weighted by molar-refractivity contribution is 6.14. The Balaban J connectivity index is 1.78. The van der Waals surface area contributed by atoms with Gasteiger partial charge in [0, 0.05) is 6.54 Å². The Bertz CT molecular complexity index is 1010. The first-order valence-corrected chi connectivity index (χ1v) is 8.49. The lowest BCUT2D eigenvalue weighted by atomic mass is 9.99. The lowest BCUT2D eigenvalue weighted by molar-refractivity contribution is -0.130. The van der Waals surface area contributed by atoms with Crippen molar-refractivity contribution in [1.29, 1.82) is 0 Å². The molecule has 1 amide bonds. The second kappa shape index (κ2) is 6.64. The van der Waals surface area contributed by atoms with Crippen molar-refractivity contribution < 1.29 is 23.5 Å². The maximum absolute atomic E-state index is 12.9. The van der Waals surface area contributed by atoms with Gasteiger partial charge in [-0.2, -0.15) is 0 Å². The quantitative estimate of drug-likeness (QED) is 0.694. The van der Waals surface area contributed by atoms with Gasteiger partial charge in [0.15, 0.2) is 11.5 Å². The third-order valence-electron chi connectivity index (χ3n) is 4.52. The van der Waals surface area contributed by atoms with Gasteiger partial charge in [-0.1, -0.05) is 30.3 Å². The lowest BCUT2D eigenvalue weighted by Crippen LogP contribution is -2.30. The van der Waals surface area contributed by atoms with Crippen molar-refractivity contribution in [2.24, 2.45) is 0 Å². The molecular weight excluding hydrogens is 346 g/mol. The van der Waals surface area contributed by atoms with E-state index in [1.165, 1.54) is 17.2 Å². The number of ketones is 1. The molecule has 3 aromatic rings. The fourth-order valence-corrected chi connectivity index (χ4v) is 3.27. The fourth-order valence-electron chi connectivity index (χ4n) is 3.27. The van der Waals surface area contributed by atoms with E-state index in [2.05, 4.69) is 0 Å². The number of carbonyl (C=O) groups excluding carboxylic acids is 2. The zero-order chi connectivity index (χ0) is 19.0. The van der Waals surface area contributed by atoms with Crippen LogP contribution in [0, 0.1) is 6.92 Å². The molecule has 6 nitrogen and oxygen atoms in total. The zero-order valence-corrected chi connectivity index (χ0v) is 14.6. The number of aliphatic hydroxyl groups excluding tert-OH is 1. The average Bonchev–Trinajstić information content (AvgIpc) is 3.39. The van der Waals surface area contributed by atoms with Crippen LogP contribution < -0.4 is 0 Å². The van der Waals surface area contributed by atoms with Gasteiger partial charge in [0.2, 0.25) is 5.78 Å². The van der Waals surface area contributed by atoms with Gasteiger partial charge in [-0.05, 0) is 36.8 Å². The number of nitrogens with zero attached hydrogens (tertiary/aromatic N) is 1. The molecule has 1 atom stereocenters. The number of benzene rings is 1. The van der Waals surface area contributed by atoms with E-state index in [1.54, 1.807) is 25.1 Å². The highest BCUT2D eigenvalue weighted by Crippen LogP contribution is 2.40. The van der Waals surface area contributed by atoms with Gasteiger partial charge in [0.1, 0.15) is 17.6 Å². The maximum Gasteiger partial charge on any atom is 0.290 e. The Morgan fingerprint density at radius 1 is 1.11 bits per heavy atom. The third kappa shape index (κ3) is 2.95. The normalized spacial score (nSPS) is 17.0. The van der Waals surface area contributed by atoms with Gasteiger partial charge >= 0.3 is 0 Å². The molecule has 0 radical (unpaired) electrons. The number of hydrogen-bond acceptors (Lipinski definition) is 5. The van der Waals surface area contributed by atoms with E-state index in [1.807, 2.05) is 30.3 Å².